The first-order valence-corrected chi connectivity index (χ1v) is 18.7. The predicted octanol–water partition coefficient (Wildman–Crippen LogP) is 9.84. The van der Waals surface area contributed by atoms with Gasteiger partial charge in [0.1, 0.15) is 11.5 Å². The molecule has 1 aliphatic rings. The molecular formula is C41H51N3O5S. The van der Waals surface area contributed by atoms with Gasteiger partial charge >= 0.3 is 11.9 Å². The summed E-state index contributed by atoms with van der Waals surface area (Å²) in [5.74, 6) is 1.99. The number of anilines is 1. The van der Waals surface area contributed by atoms with E-state index in [0.717, 1.165) is 53.1 Å². The number of aromatic nitrogens is 1. The summed E-state index contributed by atoms with van der Waals surface area (Å²) in [6.07, 6.45) is 14.6. The van der Waals surface area contributed by atoms with Crippen LogP contribution in [0.5, 0.6) is 11.5 Å². The van der Waals surface area contributed by atoms with E-state index in [1.54, 1.807) is 0 Å². The molecule has 1 aromatic heterocycles. The maximum atomic E-state index is 12.6. The summed E-state index contributed by atoms with van der Waals surface area (Å²) in [7, 11) is 0. The molecule has 3 aromatic carbocycles. The van der Waals surface area contributed by atoms with Gasteiger partial charge < -0.3 is 25.4 Å². The summed E-state index contributed by atoms with van der Waals surface area (Å²) in [6.45, 7) is 6.69. The summed E-state index contributed by atoms with van der Waals surface area (Å²) in [4.78, 5) is 27.7. The van der Waals surface area contributed by atoms with Gasteiger partial charge in [0, 0.05) is 24.3 Å². The highest BCUT2D eigenvalue weighted by atomic mass is 32.1. The highest BCUT2D eigenvalue weighted by Gasteiger charge is 2.22. The average molecular weight is 698 g/mol. The van der Waals surface area contributed by atoms with Gasteiger partial charge in [-0.1, -0.05) is 68.0 Å². The fourth-order valence-electron chi connectivity index (χ4n) is 6.26. The lowest BCUT2D eigenvalue weighted by molar-refractivity contribution is -0.138. The molecule has 8 nitrogen and oxygen atoms in total. The van der Waals surface area contributed by atoms with Crippen LogP contribution in [-0.2, 0) is 20.7 Å². The number of nitrogens with two attached hydrogens (primary N) is 1. The molecule has 4 aromatic rings. The number of carbonyl (C=O) groups is 2. The molecule has 0 amide bonds. The van der Waals surface area contributed by atoms with Gasteiger partial charge in [-0.3, -0.25) is 4.79 Å². The molecule has 1 heterocycles. The van der Waals surface area contributed by atoms with E-state index >= 15 is 0 Å². The lowest BCUT2D eigenvalue weighted by atomic mass is 9.77. The first-order chi connectivity index (χ1) is 24.4. The smallest absolute Gasteiger partial charge is 0.330 e. The Bertz CT molecular complexity index is 1630. The Hall–Kier alpha value is -4.50. The number of rotatable bonds is 17. The number of thiazole rings is 1. The Balaban J connectivity index is 0.000000474. The summed E-state index contributed by atoms with van der Waals surface area (Å²) < 4.78 is 17.6. The third kappa shape index (κ3) is 12.8. The number of carbonyl (C=O) groups excluding carboxylic acids is 2. The Kier molecular flexibility index (Phi) is 16.0. The van der Waals surface area contributed by atoms with E-state index in [0.29, 0.717) is 42.0 Å². The minimum atomic E-state index is -0.375. The fourth-order valence-corrected chi connectivity index (χ4v) is 7.00. The van der Waals surface area contributed by atoms with Crippen LogP contribution in [0.15, 0.2) is 79.4 Å². The number of fused-ring (bicyclic) bond motifs is 1. The van der Waals surface area contributed by atoms with Gasteiger partial charge in [-0.05, 0) is 117 Å². The van der Waals surface area contributed by atoms with Gasteiger partial charge in [-0.25, -0.2) is 9.78 Å². The van der Waals surface area contributed by atoms with Crippen molar-refractivity contribution in [3.05, 3.63) is 96.1 Å². The van der Waals surface area contributed by atoms with Crippen LogP contribution in [0.1, 0.15) is 100 Å². The molecule has 0 atom stereocenters. The monoisotopic (exact) mass is 697 g/mol. The molecule has 0 spiro atoms. The van der Waals surface area contributed by atoms with Gasteiger partial charge in [0.2, 0.25) is 0 Å². The second-order valence-electron chi connectivity index (χ2n) is 12.7. The second-order valence-corrected chi connectivity index (χ2v) is 13.8. The molecule has 9 heteroatoms. The molecule has 0 unspecified atom stereocenters. The van der Waals surface area contributed by atoms with Crippen molar-refractivity contribution < 1.29 is 23.8 Å². The maximum absolute atomic E-state index is 12.6. The van der Waals surface area contributed by atoms with Crippen molar-refractivity contribution in [3.8, 4) is 11.5 Å². The van der Waals surface area contributed by atoms with Crippen LogP contribution < -0.4 is 15.2 Å². The first-order valence-electron chi connectivity index (χ1n) is 17.9. The number of nitrogen functional groups attached to an aromatic ring is 1. The van der Waals surface area contributed by atoms with Crippen molar-refractivity contribution in [1.82, 2.24) is 4.98 Å². The Labute approximate surface area is 300 Å². The van der Waals surface area contributed by atoms with Gasteiger partial charge in [0.05, 0.1) is 23.4 Å². The van der Waals surface area contributed by atoms with E-state index < -0.39 is 0 Å². The lowest BCUT2D eigenvalue weighted by Gasteiger charge is -2.29. The largest absolute Gasteiger partial charge is 0.494 e. The van der Waals surface area contributed by atoms with Gasteiger partial charge in [0.15, 0.2) is 5.13 Å². The zero-order valence-corrected chi connectivity index (χ0v) is 30.1. The number of aryl methyl sites for hydroxylation is 1. The van der Waals surface area contributed by atoms with Crippen LogP contribution in [0.3, 0.4) is 0 Å². The second kappa shape index (κ2) is 20.9. The summed E-state index contributed by atoms with van der Waals surface area (Å²) in [6, 6.07) is 21.7. The van der Waals surface area contributed by atoms with Crippen LogP contribution in [-0.4, -0.2) is 36.4 Å². The van der Waals surface area contributed by atoms with Crippen LogP contribution in [0.4, 0.5) is 5.13 Å². The van der Waals surface area contributed by atoms with E-state index in [-0.39, 0.29) is 18.4 Å². The SMILES string of the molecule is C=CC(=O)OCCCCCCOc1ccc(CCC(=O)Oc2ccc(C3CCC(CCC)CC3)cc2C=N)cc1.Nc1nc2ccccc2s1. The molecule has 0 saturated heterocycles. The normalized spacial score (nSPS) is 15.4. The molecule has 0 radical (unpaired) electrons. The van der Waals surface area contributed by atoms with Gasteiger partial charge in [0.25, 0.3) is 0 Å². The number of ether oxygens (including phenoxy) is 3. The topological polar surface area (TPSA) is 125 Å². The number of hydrogen-bond donors (Lipinski definition) is 2. The van der Waals surface area contributed by atoms with Crippen LogP contribution in [0, 0.1) is 11.3 Å². The van der Waals surface area contributed by atoms with Crippen molar-refractivity contribution >= 4 is 44.8 Å². The zero-order chi connectivity index (χ0) is 35.6. The molecule has 0 aliphatic heterocycles. The molecular weight excluding hydrogens is 647 g/mol. The Morgan fingerprint density at radius 3 is 2.42 bits per heavy atom. The molecule has 0 bridgehead atoms. The van der Waals surface area contributed by atoms with Crippen LogP contribution in [0.25, 0.3) is 10.2 Å². The standard InChI is InChI=1S/C34H45NO5.C7H6N2S/c1-3-9-26-10-15-28(16-11-26)29-17-20-32(30(24-29)25-35)40-34(37)21-14-27-12-18-31(19-13-27)38-22-7-5-6-8-23-39-33(36)4-2;8-7-9-5-3-1-2-4-6(5)10-7/h4,12-13,17-20,24-26,28,35H,2-3,5-11,14-16,21-23H2,1H3;1-4H,(H2,8,9). The van der Waals surface area contributed by atoms with Crippen molar-refractivity contribution in [1.29, 1.82) is 5.41 Å². The van der Waals surface area contributed by atoms with Crippen LogP contribution in [0.2, 0.25) is 0 Å². The zero-order valence-electron chi connectivity index (χ0n) is 29.2. The van der Waals surface area contributed by atoms with E-state index in [1.165, 1.54) is 67.7 Å². The molecule has 3 N–H and O–H groups in total. The summed E-state index contributed by atoms with van der Waals surface area (Å²) in [5.41, 5.74) is 9.45. The van der Waals surface area contributed by atoms with E-state index in [1.807, 2.05) is 60.7 Å². The quantitative estimate of drug-likeness (QED) is 0.0370. The van der Waals surface area contributed by atoms with E-state index in [2.05, 4.69) is 24.6 Å². The average Bonchev–Trinajstić information content (AvgIpc) is 3.53. The van der Waals surface area contributed by atoms with Gasteiger partial charge in [-0.15, -0.1) is 0 Å². The Morgan fingerprint density at radius 2 is 1.72 bits per heavy atom. The number of nitrogens with zero attached hydrogens (tertiary/aromatic N) is 1. The number of esters is 2. The fraction of sp³-hybridized carbons (Fsp3) is 0.415. The third-order valence-corrected chi connectivity index (χ3v) is 9.86. The van der Waals surface area contributed by atoms with Crippen molar-refractivity contribution in [2.45, 2.75) is 89.9 Å². The van der Waals surface area contributed by atoms with Gasteiger partial charge in [-0.2, -0.15) is 0 Å². The first kappa shape index (κ1) is 38.3. The molecule has 1 aliphatic carbocycles. The Morgan fingerprint density at radius 1 is 0.980 bits per heavy atom. The lowest BCUT2D eigenvalue weighted by Crippen LogP contribution is -2.14. The third-order valence-electron chi connectivity index (χ3n) is 9.00. The molecule has 1 saturated carbocycles. The van der Waals surface area contributed by atoms with Crippen molar-refractivity contribution in [2.24, 2.45) is 5.92 Å². The van der Waals surface area contributed by atoms with Crippen molar-refractivity contribution in [3.63, 3.8) is 0 Å². The number of unbranched alkanes of at least 4 members (excludes halogenated alkanes) is 3. The molecule has 5 rings (SSSR count). The highest BCUT2D eigenvalue weighted by molar-refractivity contribution is 7.22. The predicted molar refractivity (Wildman–Crippen MR) is 203 cm³/mol. The van der Waals surface area contributed by atoms with Crippen LogP contribution >= 0.6 is 11.3 Å². The number of benzene rings is 3. The number of nitrogens with one attached hydrogen (secondary N) is 1. The molecule has 266 valence electrons. The maximum Gasteiger partial charge on any atom is 0.330 e. The number of para-hydroxylation sites is 1. The molecule has 50 heavy (non-hydrogen) atoms. The van der Waals surface area contributed by atoms with E-state index in [4.69, 9.17) is 25.4 Å². The number of hydrogen-bond acceptors (Lipinski definition) is 9. The summed E-state index contributed by atoms with van der Waals surface area (Å²) in [5, 5.41) is 8.49. The minimum absolute atomic E-state index is 0.267. The van der Waals surface area contributed by atoms with Crippen molar-refractivity contribution in [2.75, 3.05) is 18.9 Å². The molecule has 1 fully saturated rings. The summed E-state index contributed by atoms with van der Waals surface area (Å²) >= 11 is 1.52. The van der Waals surface area contributed by atoms with E-state index in [9.17, 15) is 9.59 Å². The highest BCUT2D eigenvalue weighted by Crippen LogP contribution is 2.38. The minimum Gasteiger partial charge on any atom is -0.494 e.